The summed E-state index contributed by atoms with van der Waals surface area (Å²) in [4.78, 5) is 0. The van der Waals surface area contributed by atoms with Gasteiger partial charge in [0.15, 0.2) is 0 Å². The van der Waals surface area contributed by atoms with Crippen molar-refractivity contribution < 1.29 is 52.8 Å². The van der Waals surface area contributed by atoms with Gasteiger partial charge in [-0.2, -0.15) is 0 Å². The fraction of sp³-hybridized carbons (Fsp3) is 0. The Morgan fingerprint density at radius 2 is 1.43 bits per heavy atom. The van der Waals surface area contributed by atoms with Crippen molar-refractivity contribution in [3.63, 3.8) is 0 Å². The molecule has 0 aliphatic heterocycles. The molecule has 0 saturated heterocycles. The SMILES string of the molecule is O=S(=O)([O][Tc])[O][Tc]. The Hall–Kier alpha value is 1.17. The first kappa shape index (κ1) is 8.17. The molecule has 0 aromatic carbocycles. The monoisotopic (exact) mass is 290 g/mol. The van der Waals surface area contributed by atoms with Crippen molar-refractivity contribution in [2.75, 3.05) is 0 Å². The molecule has 0 bridgehead atoms. The van der Waals surface area contributed by atoms with Gasteiger partial charge in [0, 0.05) is 0 Å². The maximum atomic E-state index is 9.91. The normalized spacial score (nSPS) is 11.7. The summed E-state index contributed by atoms with van der Waals surface area (Å²) in [5, 5.41) is 0. The molecule has 0 aromatic heterocycles. The van der Waals surface area contributed by atoms with Crippen molar-refractivity contribution >= 4 is 10.4 Å². The van der Waals surface area contributed by atoms with Crippen LogP contribution < -0.4 is 0 Å². The summed E-state index contributed by atoms with van der Waals surface area (Å²) in [6, 6.07) is 0. The van der Waals surface area contributed by atoms with Gasteiger partial charge < -0.3 is 0 Å². The van der Waals surface area contributed by atoms with E-state index in [-0.39, 0.29) is 0 Å². The van der Waals surface area contributed by atoms with Gasteiger partial charge in [0.2, 0.25) is 0 Å². The van der Waals surface area contributed by atoms with Gasteiger partial charge >= 0.3 is 63.2 Å². The van der Waals surface area contributed by atoms with Gasteiger partial charge in [0.25, 0.3) is 0 Å². The number of hydrogen-bond acceptors (Lipinski definition) is 4. The van der Waals surface area contributed by atoms with Crippen LogP contribution in [0.5, 0.6) is 0 Å². The van der Waals surface area contributed by atoms with Gasteiger partial charge in [-0.3, -0.25) is 0 Å². The molecule has 0 saturated carbocycles. The van der Waals surface area contributed by atoms with E-state index in [0.29, 0.717) is 0 Å². The van der Waals surface area contributed by atoms with Crippen LogP contribution in [-0.4, -0.2) is 8.42 Å². The zero-order valence-electron chi connectivity index (χ0n) is 2.80. The van der Waals surface area contributed by atoms with Gasteiger partial charge in [-0.15, -0.1) is 0 Å². The molecule has 44 valence electrons. The van der Waals surface area contributed by atoms with E-state index in [1.54, 1.807) is 0 Å². The van der Waals surface area contributed by atoms with Gasteiger partial charge in [0.05, 0.1) is 0 Å². The second kappa shape index (κ2) is 3.24. The van der Waals surface area contributed by atoms with Gasteiger partial charge in [-0.05, 0) is 0 Å². The molecular formula is O4STc2. The summed E-state index contributed by atoms with van der Waals surface area (Å²) in [5.41, 5.74) is 0. The second-order valence-corrected chi connectivity index (χ2v) is 3.46. The van der Waals surface area contributed by atoms with Gasteiger partial charge in [0.1, 0.15) is 0 Å². The molecule has 0 rings (SSSR count). The molecule has 7 heavy (non-hydrogen) atoms. The van der Waals surface area contributed by atoms with Gasteiger partial charge in [-0.25, -0.2) is 0 Å². The van der Waals surface area contributed by atoms with Crippen LogP contribution in [0.15, 0.2) is 0 Å². The van der Waals surface area contributed by atoms with E-state index in [9.17, 15) is 8.42 Å². The average Bonchev–Trinajstić information content (AvgIpc) is 1.68. The molecule has 0 amide bonds. The Kier molecular flexibility index (Phi) is 3.79. The van der Waals surface area contributed by atoms with E-state index in [4.69, 9.17) is 0 Å². The van der Waals surface area contributed by atoms with Crippen LogP contribution in [0.2, 0.25) is 0 Å². The molecule has 0 unspecified atom stereocenters. The van der Waals surface area contributed by atoms with Crippen molar-refractivity contribution in [3.8, 4) is 0 Å². The van der Waals surface area contributed by atoms with E-state index in [2.05, 4.69) is 5.88 Å². The van der Waals surface area contributed by atoms with Crippen molar-refractivity contribution in [1.29, 1.82) is 0 Å². The van der Waals surface area contributed by atoms with E-state index in [1.807, 2.05) is 0 Å². The molecule has 0 heterocycles. The molecular weight excluding hydrogens is 292 g/mol. The molecule has 4 nitrogen and oxygen atoms in total. The Morgan fingerprint density at radius 3 is 1.43 bits per heavy atom. The third-order valence-electron chi connectivity index (χ3n) is 0.154. The topological polar surface area (TPSA) is 52.6 Å². The summed E-state index contributed by atoms with van der Waals surface area (Å²) in [7, 11) is -3.68. The first-order valence-corrected chi connectivity index (χ1v) is 3.83. The van der Waals surface area contributed by atoms with Crippen molar-refractivity contribution in [3.05, 3.63) is 0 Å². The third-order valence-corrected chi connectivity index (χ3v) is 2.74. The predicted octanol–water partition coefficient (Wildman–Crippen LogP) is -0.812. The van der Waals surface area contributed by atoms with Crippen LogP contribution in [-0.2, 0) is 54.8 Å². The first-order chi connectivity index (χ1) is 3.12. The molecule has 0 spiro atoms. The molecule has 0 aliphatic rings. The van der Waals surface area contributed by atoms with E-state index in [0.717, 1.165) is 0 Å². The summed E-state index contributed by atoms with van der Waals surface area (Å²) in [6.07, 6.45) is 0. The Bertz CT molecular complexity index is 113. The van der Waals surface area contributed by atoms with Crippen LogP contribution >= 0.6 is 0 Å². The van der Waals surface area contributed by atoms with Crippen LogP contribution in [0.4, 0.5) is 0 Å². The average molecular weight is 292 g/mol. The molecule has 0 radical (unpaired) electrons. The number of hydrogen-bond donors (Lipinski definition) is 0. The van der Waals surface area contributed by atoms with E-state index in [1.165, 1.54) is 38.5 Å². The zero-order chi connectivity index (χ0) is 5.91. The summed E-state index contributed by atoms with van der Waals surface area (Å²) < 4.78 is 27.4. The summed E-state index contributed by atoms with van der Waals surface area (Å²) in [5.74, 6) is 0. The quantitative estimate of drug-likeness (QED) is 0.668. The molecule has 0 N–H and O–H groups in total. The molecule has 0 atom stereocenters. The molecule has 0 aliphatic carbocycles. The Labute approximate surface area is 63.1 Å². The van der Waals surface area contributed by atoms with Crippen LogP contribution in [0.25, 0.3) is 0 Å². The molecule has 7 heteroatoms. The number of rotatable bonds is 2. The Morgan fingerprint density at radius 1 is 1.14 bits per heavy atom. The van der Waals surface area contributed by atoms with Crippen molar-refractivity contribution in [2.24, 2.45) is 0 Å². The van der Waals surface area contributed by atoms with Crippen LogP contribution in [0.1, 0.15) is 0 Å². The molecule has 0 fully saturated rings. The second-order valence-electron chi connectivity index (χ2n) is 0.534. The molecule has 0 aromatic rings. The first-order valence-electron chi connectivity index (χ1n) is 0.975. The predicted molar refractivity (Wildman–Crippen MR) is 11.1 cm³/mol. The minimum absolute atomic E-state index is 1.21. The zero-order valence-corrected chi connectivity index (χ0v) is 7.33. The Balaban J connectivity index is 3.89. The van der Waals surface area contributed by atoms with Crippen LogP contribution in [0.3, 0.4) is 0 Å². The summed E-state index contributed by atoms with van der Waals surface area (Å²) >= 11 is 2.42. The van der Waals surface area contributed by atoms with Crippen LogP contribution in [0, 0.1) is 0 Å². The van der Waals surface area contributed by atoms with Gasteiger partial charge in [-0.1, -0.05) is 0 Å². The van der Waals surface area contributed by atoms with Crippen molar-refractivity contribution in [2.45, 2.75) is 0 Å². The third kappa shape index (κ3) is 3.73. The summed E-state index contributed by atoms with van der Waals surface area (Å²) in [6.45, 7) is 0. The fourth-order valence-corrected chi connectivity index (χ4v) is 1.02. The fourth-order valence-electron chi connectivity index (χ4n) is 0.00972. The van der Waals surface area contributed by atoms with E-state index < -0.39 is 10.4 Å². The minimum atomic E-state index is -3.68. The van der Waals surface area contributed by atoms with Crippen molar-refractivity contribution in [1.82, 2.24) is 0 Å². The standard InChI is InChI=1S/H2O4S.2Tc/c1-5(2,3)4;;/h(H2,1,2,3,4);;/q;2*+1/p-2. The van der Waals surface area contributed by atoms with E-state index >= 15 is 0 Å². The maximum absolute atomic E-state index is 9.91.